The summed E-state index contributed by atoms with van der Waals surface area (Å²) in [6.07, 6.45) is 37.5. The van der Waals surface area contributed by atoms with Crippen molar-refractivity contribution in [2.75, 3.05) is 0 Å². The van der Waals surface area contributed by atoms with Gasteiger partial charge in [0.05, 0.1) is 0 Å². The van der Waals surface area contributed by atoms with Crippen molar-refractivity contribution in [2.45, 2.75) is 174 Å². The van der Waals surface area contributed by atoms with Crippen LogP contribution in [0.1, 0.15) is 174 Å². The summed E-state index contributed by atoms with van der Waals surface area (Å²) in [6.45, 7) is 2.30. The molecule has 0 fully saturated rings. The molecule has 0 saturated carbocycles. The van der Waals surface area contributed by atoms with Crippen LogP contribution in [0.2, 0.25) is 0 Å². The van der Waals surface area contributed by atoms with E-state index >= 15 is 0 Å². The van der Waals surface area contributed by atoms with Crippen LogP contribution in [0.15, 0.2) is 12.0 Å². The van der Waals surface area contributed by atoms with E-state index in [0.29, 0.717) is 5.76 Å². The molecule has 0 heterocycles. The largest absolute Gasteiger partial charge is 0.511 e. The lowest BCUT2D eigenvalue weighted by Gasteiger charge is -2.04. The quantitative estimate of drug-likeness (QED) is 0.104. The van der Waals surface area contributed by atoms with Gasteiger partial charge in [-0.3, -0.25) is 0 Å². The molecule has 0 aliphatic rings. The van der Waals surface area contributed by atoms with E-state index < -0.39 is 0 Å². The van der Waals surface area contributed by atoms with Gasteiger partial charge in [-0.05, 0) is 6.42 Å². The predicted octanol–water partition coefficient (Wildman–Crippen LogP) is 10.5. The van der Waals surface area contributed by atoms with Gasteiger partial charge in [-0.1, -0.05) is 161 Å². The molecule has 0 amide bonds. The van der Waals surface area contributed by atoms with Crippen molar-refractivity contribution in [3.05, 3.63) is 12.0 Å². The molecule has 0 atom stereocenters. The van der Waals surface area contributed by atoms with Crippen molar-refractivity contribution >= 4 is 0 Å². The highest BCUT2D eigenvalue weighted by molar-refractivity contribution is 4.85. The van der Waals surface area contributed by atoms with Crippen LogP contribution < -0.4 is 5.73 Å². The van der Waals surface area contributed by atoms with Crippen LogP contribution in [0.3, 0.4) is 0 Å². The summed E-state index contributed by atoms with van der Waals surface area (Å²) in [5.41, 5.74) is 5.26. The maximum Gasteiger partial charge on any atom is 0.108 e. The first-order valence-corrected chi connectivity index (χ1v) is 14.4. The summed E-state index contributed by atoms with van der Waals surface area (Å²) in [6, 6.07) is 0. The van der Waals surface area contributed by atoms with E-state index in [1.807, 2.05) is 0 Å². The summed E-state index contributed by atoms with van der Waals surface area (Å²) < 4.78 is 0. The smallest absolute Gasteiger partial charge is 0.108 e. The van der Waals surface area contributed by atoms with E-state index in [0.717, 1.165) is 12.8 Å². The fourth-order valence-corrected chi connectivity index (χ4v) is 4.53. The molecule has 3 N–H and O–H groups in total. The lowest BCUT2D eigenvalue weighted by atomic mass is 10.0. The zero-order valence-corrected chi connectivity index (χ0v) is 21.5. The molecule has 0 spiro atoms. The van der Waals surface area contributed by atoms with Crippen molar-refractivity contribution < 1.29 is 5.11 Å². The third-order valence-corrected chi connectivity index (χ3v) is 6.73. The standard InChI is InChI=1S/C29H59NO/c1-2-3-4-5-6-7-8-9-10-11-12-13-14-15-16-17-18-19-20-21-22-23-24-25-26-27-29(31)28-30/h28,31H,2-27,30H2,1H3. The molecular weight excluding hydrogens is 378 g/mol. The fraction of sp³-hybridized carbons (Fsp3) is 0.931. The Bertz CT molecular complexity index is 353. The Morgan fingerprint density at radius 3 is 0.903 bits per heavy atom. The SMILES string of the molecule is CCCCCCCCCCCCCCCCCCCCCCCCCCCC(O)=CN. The van der Waals surface area contributed by atoms with Gasteiger partial charge in [-0.25, -0.2) is 0 Å². The fourth-order valence-electron chi connectivity index (χ4n) is 4.53. The number of aliphatic hydroxyl groups excluding tert-OH is 1. The highest BCUT2D eigenvalue weighted by Crippen LogP contribution is 2.16. The number of aliphatic hydroxyl groups is 1. The van der Waals surface area contributed by atoms with Gasteiger partial charge in [-0.2, -0.15) is 0 Å². The number of unbranched alkanes of at least 4 members (excludes halogenated alkanes) is 24. The molecule has 186 valence electrons. The minimum Gasteiger partial charge on any atom is -0.511 e. The van der Waals surface area contributed by atoms with Crippen molar-refractivity contribution in [1.29, 1.82) is 0 Å². The molecule has 31 heavy (non-hydrogen) atoms. The molecule has 0 rings (SSSR count). The summed E-state index contributed by atoms with van der Waals surface area (Å²) >= 11 is 0. The predicted molar refractivity (Wildman–Crippen MR) is 141 cm³/mol. The third kappa shape index (κ3) is 27.3. The highest BCUT2D eigenvalue weighted by atomic mass is 16.3. The Morgan fingerprint density at radius 2 is 0.677 bits per heavy atom. The lowest BCUT2D eigenvalue weighted by Crippen LogP contribution is -1.88. The molecule has 0 bridgehead atoms. The number of nitrogens with two attached hydrogens (primary N) is 1. The van der Waals surface area contributed by atoms with Gasteiger partial charge in [0.1, 0.15) is 5.76 Å². The highest BCUT2D eigenvalue weighted by Gasteiger charge is 1.97. The van der Waals surface area contributed by atoms with Gasteiger partial charge in [0.25, 0.3) is 0 Å². The lowest BCUT2D eigenvalue weighted by molar-refractivity contribution is 0.378. The molecule has 0 aromatic rings. The first kappa shape index (κ1) is 30.3. The number of rotatable bonds is 26. The molecule has 2 heteroatoms. The van der Waals surface area contributed by atoms with Crippen LogP contribution in [0.25, 0.3) is 0 Å². The van der Waals surface area contributed by atoms with Gasteiger partial charge in [0.2, 0.25) is 0 Å². The van der Waals surface area contributed by atoms with Gasteiger partial charge in [0.15, 0.2) is 0 Å². The molecule has 2 nitrogen and oxygen atoms in total. The Balaban J connectivity index is 3.02. The van der Waals surface area contributed by atoms with Gasteiger partial charge in [0, 0.05) is 12.6 Å². The Kier molecular flexibility index (Phi) is 26.8. The maximum atomic E-state index is 9.28. The third-order valence-electron chi connectivity index (χ3n) is 6.73. The number of hydrogen-bond donors (Lipinski definition) is 2. The minimum atomic E-state index is 0.342. The first-order valence-electron chi connectivity index (χ1n) is 14.4. The summed E-state index contributed by atoms with van der Waals surface area (Å²) in [7, 11) is 0. The van der Waals surface area contributed by atoms with E-state index in [1.165, 1.54) is 160 Å². The zero-order valence-electron chi connectivity index (χ0n) is 21.5. The van der Waals surface area contributed by atoms with Crippen LogP contribution in [-0.4, -0.2) is 5.11 Å². The monoisotopic (exact) mass is 437 g/mol. The number of allylic oxidation sites excluding steroid dienone is 1. The normalized spacial score (nSPS) is 12.0. The maximum absolute atomic E-state index is 9.28. The molecule has 0 saturated heterocycles. The Labute approximate surface area is 196 Å². The topological polar surface area (TPSA) is 46.2 Å². The van der Waals surface area contributed by atoms with E-state index in [-0.39, 0.29) is 0 Å². The average molecular weight is 438 g/mol. The minimum absolute atomic E-state index is 0.342. The van der Waals surface area contributed by atoms with Crippen LogP contribution in [-0.2, 0) is 0 Å². The van der Waals surface area contributed by atoms with Crippen LogP contribution in [0.5, 0.6) is 0 Å². The Morgan fingerprint density at radius 1 is 0.452 bits per heavy atom. The second kappa shape index (κ2) is 27.4. The molecule has 0 aromatic carbocycles. The van der Waals surface area contributed by atoms with Crippen molar-refractivity contribution in [3.8, 4) is 0 Å². The number of hydrogen-bond acceptors (Lipinski definition) is 2. The van der Waals surface area contributed by atoms with Gasteiger partial charge >= 0.3 is 0 Å². The van der Waals surface area contributed by atoms with E-state index in [4.69, 9.17) is 5.73 Å². The van der Waals surface area contributed by atoms with Crippen LogP contribution >= 0.6 is 0 Å². The molecule has 0 aliphatic heterocycles. The van der Waals surface area contributed by atoms with E-state index in [2.05, 4.69) is 6.92 Å². The summed E-state index contributed by atoms with van der Waals surface area (Å²) in [4.78, 5) is 0. The second-order valence-corrected chi connectivity index (χ2v) is 9.89. The molecular formula is C29H59NO. The van der Waals surface area contributed by atoms with Crippen LogP contribution in [0, 0.1) is 0 Å². The van der Waals surface area contributed by atoms with Gasteiger partial charge in [-0.15, -0.1) is 0 Å². The Hall–Kier alpha value is -0.660. The second-order valence-electron chi connectivity index (χ2n) is 9.89. The zero-order chi connectivity index (χ0) is 22.7. The molecule has 0 unspecified atom stereocenters. The summed E-state index contributed by atoms with van der Waals surface area (Å²) in [5.74, 6) is 0.342. The molecule has 0 aliphatic carbocycles. The van der Waals surface area contributed by atoms with E-state index in [1.54, 1.807) is 0 Å². The molecule has 0 aromatic heterocycles. The summed E-state index contributed by atoms with van der Waals surface area (Å²) in [5, 5.41) is 9.28. The first-order chi connectivity index (χ1) is 15.3. The average Bonchev–Trinajstić information content (AvgIpc) is 2.78. The van der Waals surface area contributed by atoms with Crippen molar-refractivity contribution in [3.63, 3.8) is 0 Å². The van der Waals surface area contributed by atoms with Crippen molar-refractivity contribution in [1.82, 2.24) is 0 Å². The molecule has 0 radical (unpaired) electrons. The van der Waals surface area contributed by atoms with Crippen molar-refractivity contribution in [2.24, 2.45) is 5.73 Å². The van der Waals surface area contributed by atoms with Gasteiger partial charge < -0.3 is 10.8 Å². The van der Waals surface area contributed by atoms with Crippen LogP contribution in [0.4, 0.5) is 0 Å². The van der Waals surface area contributed by atoms with E-state index in [9.17, 15) is 5.11 Å².